The molecule has 6 rings (SSSR count). The van der Waals surface area contributed by atoms with Gasteiger partial charge in [-0.2, -0.15) is 0 Å². The van der Waals surface area contributed by atoms with E-state index in [0.29, 0.717) is 29.8 Å². The van der Waals surface area contributed by atoms with Gasteiger partial charge in [-0.05, 0) is 58.7 Å². The number of carbonyl (C=O) groups excluding carboxylic acids is 1. The fraction of sp³-hybridized carbons (Fsp3) is 0.406. The van der Waals surface area contributed by atoms with E-state index < -0.39 is 5.92 Å². The van der Waals surface area contributed by atoms with E-state index in [2.05, 4.69) is 34.5 Å². The molecular formula is C32H34Cl2N2O7. The standard InChI is InChI=1S/C32H34Cl2N2O7/c1-39-26-11-19(12-27(40-2)31(26)37)28-21-13-24-25(43-17-42-24)14-22(21)30(23-16-41-32(38)29(23)28)35-15-18-3-5-20(6-4-18)36(9-7-33)10-8-34/h3-6,11-14,23,28-30,35,37H,7-10,15-17H2,1-2H3/t23-,28+,29-,30+/m0/s1. The van der Waals surface area contributed by atoms with Crippen LogP contribution in [0.15, 0.2) is 48.5 Å². The summed E-state index contributed by atoms with van der Waals surface area (Å²) in [5.74, 6) is 1.47. The Morgan fingerprint density at radius 1 is 0.930 bits per heavy atom. The highest BCUT2D eigenvalue weighted by molar-refractivity contribution is 6.18. The molecule has 43 heavy (non-hydrogen) atoms. The lowest BCUT2D eigenvalue weighted by molar-refractivity contribution is -0.141. The SMILES string of the molecule is COc1cc([C@@H]2c3cc4c(cc3[C@@H](NCc3ccc(N(CCCl)CCCl)cc3)[C@H]3COC(=O)[C@H]23)OCO4)cc(OC)c1O. The van der Waals surface area contributed by atoms with Crippen molar-refractivity contribution in [3.8, 4) is 28.7 Å². The second-order valence-electron chi connectivity index (χ2n) is 10.8. The van der Waals surface area contributed by atoms with Crippen LogP contribution in [0.4, 0.5) is 5.69 Å². The number of anilines is 1. The van der Waals surface area contributed by atoms with Crippen molar-refractivity contribution >= 4 is 34.9 Å². The molecule has 1 aliphatic carbocycles. The van der Waals surface area contributed by atoms with Crippen LogP contribution in [0.2, 0.25) is 0 Å². The zero-order chi connectivity index (χ0) is 30.1. The predicted molar refractivity (Wildman–Crippen MR) is 163 cm³/mol. The number of methoxy groups -OCH3 is 2. The minimum absolute atomic E-state index is 0.0972. The van der Waals surface area contributed by atoms with E-state index >= 15 is 0 Å². The van der Waals surface area contributed by atoms with Gasteiger partial charge < -0.3 is 39.0 Å². The summed E-state index contributed by atoms with van der Waals surface area (Å²) in [7, 11) is 2.97. The van der Waals surface area contributed by atoms with Gasteiger partial charge in [0.1, 0.15) is 0 Å². The van der Waals surface area contributed by atoms with E-state index in [1.807, 2.05) is 12.1 Å². The summed E-state index contributed by atoms with van der Waals surface area (Å²) in [6.45, 7) is 2.43. The molecule has 3 aliphatic rings. The van der Waals surface area contributed by atoms with E-state index in [1.54, 1.807) is 12.1 Å². The molecule has 3 aromatic carbocycles. The first-order valence-corrected chi connectivity index (χ1v) is 15.3. The van der Waals surface area contributed by atoms with E-state index in [0.717, 1.165) is 41.0 Å². The quantitative estimate of drug-likeness (QED) is 0.220. The number of esters is 1. The van der Waals surface area contributed by atoms with Crippen molar-refractivity contribution in [1.82, 2.24) is 5.32 Å². The Morgan fingerprint density at radius 2 is 1.56 bits per heavy atom. The normalized spacial score (nSPS) is 21.6. The minimum atomic E-state index is -0.480. The first-order valence-electron chi connectivity index (χ1n) is 14.2. The van der Waals surface area contributed by atoms with Crippen molar-refractivity contribution in [3.63, 3.8) is 0 Å². The molecule has 0 bridgehead atoms. The van der Waals surface area contributed by atoms with Crippen LogP contribution in [0.5, 0.6) is 28.7 Å². The molecule has 2 heterocycles. The van der Waals surface area contributed by atoms with E-state index in [9.17, 15) is 9.90 Å². The zero-order valence-corrected chi connectivity index (χ0v) is 25.5. The number of aromatic hydroxyl groups is 1. The average Bonchev–Trinajstić information content (AvgIpc) is 3.65. The number of carbonyl (C=O) groups is 1. The number of rotatable bonds is 11. The lowest BCUT2D eigenvalue weighted by atomic mass is 9.65. The van der Waals surface area contributed by atoms with Crippen LogP contribution in [0, 0.1) is 11.8 Å². The van der Waals surface area contributed by atoms with Gasteiger partial charge in [0.25, 0.3) is 0 Å². The van der Waals surface area contributed by atoms with E-state index in [4.69, 9.17) is 46.9 Å². The third-order valence-electron chi connectivity index (χ3n) is 8.58. The monoisotopic (exact) mass is 628 g/mol. The second-order valence-corrected chi connectivity index (χ2v) is 11.6. The Hall–Kier alpha value is -3.53. The van der Waals surface area contributed by atoms with Gasteiger partial charge in [-0.25, -0.2) is 0 Å². The molecule has 1 fully saturated rings. The lowest BCUT2D eigenvalue weighted by Crippen LogP contribution is -2.40. The number of ether oxygens (including phenoxy) is 5. The molecule has 228 valence electrons. The van der Waals surface area contributed by atoms with Gasteiger partial charge in [-0.3, -0.25) is 4.79 Å². The number of nitrogens with one attached hydrogen (secondary N) is 1. The van der Waals surface area contributed by atoms with Gasteiger partial charge in [0, 0.05) is 55.0 Å². The van der Waals surface area contributed by atoms with Gasteiger partial charge in [0.15, 0.2) is 23.0 Å². The van der Waals surface area contributed by atoms with Crippen molar-refractivity contribution in [2.24, 2.45) is 11.8 Å². The highest BCUT2D eigenvalue weighted by Crippen LogP contribution is 2.55. The van der Waals surface area contributed by atoms with E-state index in [1.165, 1.54) is 14.2 Å². The molecular weight excluding hydrogens is 595 g/mol. The van der Waals surface area contributed by atoms with Crippen molar-refractivity contribution in [1.29, 1.82) is 0 Å². The van der Waals surface area contributed by atoms with Crippen LogP contribution in [-0.2, 0) is 16.1 Å². The Labute approximate surface area is 260 Å². The predicted octanol–water partition coefficient (Wildman–Crippen LogP) is 5.19. The number of benzene rings is 3. The molecule has 0 amide bonds. The van der Waals surface area contributed by atoms with Crippen LogP contribution in [0.25, 0.3) is 0 Å². The van der Waals surface area contributed by atoms with Crippen molar-refractivity contribution < 1.29 is 33.6 Å². The van der Waals surface area contributed by atoms with Crippen molar-refractivity contribution in [3.05, 3.63) is 70.8 Å². The molecule has 3 aromatic rings. The van der Waals surface area contributed by atoms with Crippen LogP contribution in [-0.4, -0.2) is 63.5 Å². The van der Waals surface area contributed by atoms with Gasteiger partial charge >= 0.3 is 5.97 Å². The molecule has 11 heteroatoms. The summed E-state index contributed by atoms with van der Waals surface area (Å²) in [5, 5.41) is 14.3. The first kappa shape index (κ1) is 29.5. The number of hydrogen-bond acceptors (Lipinski definition) is 9. The fourth-order valence-electron chi connectivity index (χ4n) is 6.54. The van der Waals surface area contributed by atoms with Crippen LogP contribution < -0.4 is 29.2 Å². The third-order valence-corrected chi connectivity index (χ3v) is 8.92. The summed E-state index contributed by atoms with van der Waals surface area (Å²) in [6.07, 6.45) is 0. The Balaban J connectivity index is 1.37. The third kappa shape index (κ3) is 5.50. The number of alkyl halides is 2. The highest BCUT2D eigenvalue weighted by atomic mass is 35.5. The molecule has 0 spiro atoms. The number of hydrogen-bond donors (Lipinski definition) is 2. The maximum atomic E-state index is 13.4. The van der Waals surface area contributed by atoms with Gasteiger partial charge in [-0.15, -0.1) is 23.2 Å². The molecule has 2 N–H and O–H groups in total. The molecule has 2 aliphatic heterocycles. The minimum Gasteiger partial charge on any atom is -0.502 e. The molecule has 0 aromatic heterocycles. The van der Waals surface area contributed by atoms with Crippen LogP contribution >= 0.6 is 23.2 Å². The molecule has 0 radical (unpaired) electrons. The van der Waals surface area contributed by atoms with E-state index in [-0.39, 0.29) is 54.5 Å². The number of cyclic esters (lactones) is 1. The topological polar surface area (TPSA) is 98.7 Å². The molecule has 4 atom stereocenters. The number of phenolic OH excluding ortho intramolecular Hbond substituents is 1. The van der Waals surface area contributed by atoms with Crippen molar-refractivity contribution in [2.75, 3.05) is 57.4 Å². The van der Waals surface area contributed by atoms with Gasteiger partial charge in [-0.1, -0.05) is 12.1 Å². The summed E-state index contributed by atoms with van der Waals surface area (Å²) < 4.78 is 28.2. The number of nitrogens with zero attached hydrogens (tertiary/aromatic N) is 1. The summed E-state index contributed by atoms with van der Waals surface area (Å²) in [6, 6.07) is 15.6. The van der Waals surface area contributed by atoms with Gasteiger partial charge in [0.2, 0.25) is 12.5 Å². The molecule has 1 saturated heterocycles. The Kier molecular flexibility index (Phi) is 8.66. The smallest absolute Gasteiger partial charge is 0.310 e. The van der Waals surface area contributed by atoms with Crippen LogP contribution in [0.3, 0.4) is 0 Å². The Bertz CT molecular complexity index is 1450. The number of halogens is 2. The number of fused-ring (bicyclic) bond motifs is 3. The maximum absolute atomic E-state index is 13.4. The fourth-order valence-corrected chi connectivity index (χ4v) is 6.95. The second kappa shape index (κ2) is 12.6. The summed E-state index contributed by atoms with van der Waals surface area (Å²) in [4.78, 5) is 15.6. The van der Waals surface area contributed by atoms with Gasteiger partial charge in [0.05, 0.1) is 26.7 Å². The Morgan fingerprint density at radius 3 is 2.16 bits per heavy atom. The number of phenols is 1. The maximum Gasteiger partial charge on any atom is 0.310 e. The van der Waals surface area contributed by atoms with Crippen molar-refractivity contribution in [2.45, 2.75) is 18.5 Å². The largest absolute Gasteiger partial charge is 0.502 e. The first-order chi connectivity index (χ1) is 21.0. The highest BCUT2D eigenvalue weighted by Gasteiger charge is 2.52. The summed E-state index contributed by atoms with van der Waals surface area (Å²) in [5.41, 5.74) is 4.86. The summed E-state index contributed by atoms with van der Waals surface area (Å²) >= 11 is 12.0. The molecule has 0 unspecified atom stereocenters. The van der Waals surface area contributed by atoms with Crippen LogP contribution in [0.1, 0.15) is 34.2 Å². The average molecular weight is 630 g/mol. The lowest BCUT2D eigenvalue weighted by Gasteiger charge is -2.39. The molecule has 0 saturated carbocycles. The molecule has 9 nitrogen and oxygen atoms in total. The zero-order valence-electron chi connectivity index (χ0n) is 24.0.